The van der Waals surface area contributed by atoms with E-state index in [1.54, 1.807) is 24.7 Å². The second-order valence-corrected chi connectivity index (χ2v) is 6.59. The Morgan fingerprint density at radius 2 is 2.24 bits per heavy atom. The standard InChI is InChI=1S/C15H21ClN2O2S/c1-18(9-11-19-2)8-7-17-15(12-4-3-10-20-12)13-5-6-14(16)21-13/h3-6,10,15,17H,7-9,11H2,1-2H3. The molecule has 0 bridgehead atoms. The molecule has 0 aromatic carbocycles. The quantitative estimate of drug-likeness (QED) is 0.766. The molecule has 0 saturated carbocycles. The van der Waals surface area contributed by atoms with Gasteiger partial charge in [-0.05, 0) is 31.3 Å². The first-order chi connectivity index (χ1) is 10.2. The molecule has 0 spiro atoms. The van der Waals surface area contributed by atoms with E-state index in [9.17, 15) is 0 Å². The van der Waals surface area contributed by atoms with Crippen molar-refractivity contribution in [3.05, 3.63) is 45.5 Å². The van der Waals surface area contributed by atoms with Crippen molar-refractivity contribution in [3.8, 4) is 0 Å². The van der Waals surface area contributed by atoms with Gasteiger partial charge in [0.25, 0.3) is 0 Å². The molecule has 0 aliphatic rings. The van der Waals surface area contributed by atoms with E-state index in [-0.39, 0.29) is 6.04 Å². The molecule has 2 rings (SSSR count). The van der Waals surface area contributed by atoms with Gasteiger partial charge >= 0.3 is 0 Å². The fourth-order valence-electron chi connectivity index (χ4n) is 2.04. The van der Waals surface area contributed by atoms with Crippen LogP contribution in [0.5, 0.6) is 0 Å². The molecule has 0 aliphatic carbocycles. The molecule has 1 unspecified atom stereocenters. The number of likely N-dealkylation sites (N-methyl/N-ethyl adjacent to an activating group) is 1. The second kappa shape index (κ2) is 8.56. The molecule has 1 N–H and O–H groups in total. The van der Waals surface area contributed by atoms with Gasteiger partial charge in [0.15, 0.2) is 0 Å². The van der Waals surface area contributed by atoms with Gasteiger partial charge in [0.2, 0.25) is 0 Å². The number of thiophene rings is 1. The molecule has 6 heteroatoms. The lowest BCUT2D eigenvalue weighted by atomic mass is 10.2. The van der Waals surface area contributed by atoms with Crippen LogP contribution in [0.15, 0.2) is 34.9 Å². The summed E-state index contributed by atoms with van der Waals surface area (Å²) in [5.74, 6) is 0.910. The zero-order chi connectivity index (χ0) is 15.1. The van der Waals surface area contributed by atoms with Crippen LogP contribution < -0.4 is 5.32 Å². The van der Waals surface area contributed by atoms with Gasteiger partial charge in [-0.1, -0.05) is 11.6 Å². The molecule has 2 heterocycles. The second-order valence-electron chi connectivity index (χ2n) is 4.84. The van der Waals surface area contributed by atoms with Crippen LogP contribution in [0.4, 0.5) is 0 Å². The van der Waals surface area contributed by atoms with Gasteiger partial charge in [0, 0.05) is 31.6 Å². The molecule has 0 radical (unpaired) electrons. The normalized spacial score (nSPS) is 13.0. The molecule has 0 amide bonds. The van der Waals surface area contributed by atoms with Crippen LogP contribution in [0.3, 0.4) is 0 Å². The number of ether oxygens (including phenoxy) is 1. The predicted molar refractivity (Wildman–Crippen MR) is 87.3 cm³/mol. The van der Waals surface area contributed by atoms with E-state index in [1.165, 1.54) is 0 Å². The maximum Gasteiger partial charge on any atom is 0.126 e. The molecule has 2 aromatic heterocycles. The Bertz CT molecular complexity index is 515. The summed E-state index contributed by atoms with van der Waals surface area (Å²) in [5, 5.41) is 3.53. The summed E-state index contributed by atoms with van der Waals surface area (Å²) < 4.78 is 11.4. The highest BCUT2D eigenvalue weighted by molar-refractivity contribution is 7.16. The number of hydrogen-bond acceptors (Lipinski definition) is 5. The van der Waals surface area contributed by atoms with Gasteiger partial charge in [-0.2, -0.15) is 0 Å². The van der Waals surface area contributed by atoms with E-state index in [4.69, 9.17) is 20.8 Å². The summed E-state index contributed by atoms with van der Waals surface area (Å²) in [6.07, 6.45) is 1.70. The minimum absolute atomic E-state index is 0.0494. The first-order valence-corrected chi connectivity index (χ1v) is 8.09. The number of hydrogen-bond donors (Lipinski definition) is 1. The summed E-state index contributed by atoms with van der Waals surface area (Å²) in [7, 11) is 3.81. The van der Waals surface area contributed by atoms with Crippen molar-refractivity contribution in [2.45, 2.75) is 6.04 Å². The third kappa shape index (κ3) is 5.13. The molecule has 2 aromatic rings. The molecule has 21 heavy (non-hydrogen) atoms. The van der Waals surface area contributed by atoms with E-state index in [0.29, 0.717) is 0 Å². The van der Waals surface area contributed by atoms with E-state index in [2.05, 4.69) is 17.3 Å². The van der Waals surface area contributed by atoms with Gasteiger partial charge in [-0.3, -0.25) is 0 Å². The largest absolute Gasteiger partial charge is 0.467 e. The number of rotatable bonds is 9. The third-order valence-electron chi connectivity index (χ3n) is 3.23. The Kier molecular flexibility index (Phi) is 6.73. The first-order valence-electron chi connectivity index (χ1n) is 6.90. The van der Waals surface area contributed by atoms with Gasteiger partial charge in [-0.25, -0.2) is 0 Å². The molecule has 0 fully saturated rings. The van der Waals surface area contributed by atoms with Crippen molar-refractivity contribution >= 4 is 22.9 Å². The van der Waals surface area contributed by atoms with Crippen molar-refractivity contribution in [3.63, 3.8) is 0 Å². The van der Waals surface area contributed by atoms with Crippen LogP contribution in [-0.4, -0.2) is 45.3 Å². The minimum Gasteiger partial charge on any atom is -0.467 e. The molecular weight excluding hydrogens is 308 g/mol. The van der Waals surface area contributed by atoms with Crippen molar-refractivity contribution in [2.75, 3.05) is 40.4 Å². The van der Waals surface area contributed by atoms with Crippen molar-refractivity contribution in [2.24, 2.45) is 0 Å². The van der Waals surface area contributed by atoms with Crippen LogP contribution >= 0.6 is 22.9 Å². The van der Waals surface area contributed by atoms with E-state index in [0.717, 1.165) is 41.2 Å². The van der Waals surface area contributed by atoms with Gasteiger partial charge < -0.3 is 19.4 Å². The van der Waals surface area contributed by atoms with Crippen LogP contribution in [0, 0.1) is 0 Å². The predicted octanol–water partition coefficient (Wildman–Crippen LogP) is 3.25. The highest BCUT2D eigenvalue weighted by Crippen LogP contribution is 2.31. The summed E-state index contributed by atoms with van der Waals surface area (Å²) >= 11 is 7.62. The van der Waals surface area contributed by atoms with Crippen LogP contribution in [0.25, 0.3) is 0 Å². The molecular formula is C15H21ClN2O2S. The number of halogens is 1. The molecule has 116 valence electrons. The molecule has 4 nitrogen and oxygen atoms in total. The van der Waals surface area contributed by atoms with Crippen molar-refractivity contribution < 1.29 is 9.15 Å². The lowest BCUT2D eigenvalue weighted by molar-refractivity contribution is 0.161. The lowest BCUT2D eigenvalue weighted by Crippen LogP contribution is -2.33. The molecule has 0 aliphatic heterocycles. The molecule has 1 atom stereocenters. The zero-order valence-electron chi connectivity index (χ0n) is 12.3. The number of nitrogens with zero attached hydrogens (tertiary/aromatic N) is 1. The average molecular weight is 329 g/mol. The minimum atomic E-state index is 0.0494. The summed E-state index contributed by atoms with van der Waals surface area (Å²) in [4.78, 5) is 3.39. The zero-order valence-corrected chi connectivity index (χ0v) is 13.9. The van der Waals surface area contributed by atoms with E-state index in [1.807, 2.05) is 24.3 Å². The lowest BCUT2D eigenvalue weighted by Gasteiger charge is -2.19. The van der Waals surface area contributed by atoms with Gasteiger partial charge in [0.1, 0.15) is 11.8 Å². The smallest absolute Gasteiger partial charge is 0.126 e. The van der Waals surface area contributed by atoms with E-state index >= 15 is 0 Å². The Balaban J connectivity index is 1.92. The number of methoxy groups -OCH3 is 1. The average Bonchev–Trinajstić information content (AvgIpc) is 3.13. The van der Waals surface area contributed by atoms with Crippen LogP contribution in [0.1, 0.15) is 16.7 Å². The highest BCUT2D eigenvalue weighted by atomic mass is 35.5. The van der Waals surface area contributed by atoms with Crippen LogP contribution in [-0.2, 0) is 4.74 Å². The number of nitrogens with one attached hydrogen (secondary N) is 1. The Labute approximate surface area is 134 Å². The van der Waals surface area contributed by atoms with Gasteiger partial charge in [-0.15, -0.1) is 11.3 Å². The first kappa shape index (κ1) is 16.5. The van der Waals surface area contributed by atoms with Crippen LogP contribution in [0.2, 0.25) is 4.34 Å². The Morgan fingerprint density at radius 3 is 2.86 bits per heavy atom. The summed E-state index contributed by atoms with van der Waals surface area (Å²) in [6.45, 7) is 3.48. The maximum absolute atomic E-state index is 6.05. The Morgan fingerprint density at radius 1 is 1.38 bits per heavy atom. The number of furan rings is 1. The highest BCUT2D eigenvalue weighted by Gasteiger charge is 2.18. The Hall–Kier alpha value is -0.850. The topological polar surface area (TPSA) is 37.6 Å². The SMILES string of the molecule is COCCN(C)CCNC(c1ccco1)c1ccc(Cl)s1. The maximum atomic E-state index is 6.05. The van der Waals surface area contributed by atoms with Crippen molar-refractivity contribution in [1.82, 2.24) is 10.2 Å². The molecule has 0 saturated heterocycles. The third-order valence-corrected chi connectivity index (χ3v) is 4.52. The summed E-state index contributed by atoms with van der Waals surface area (Å²) in [5.41, 5.74) is 0. The van der Waals surface area contributed by atoms with Gasteiger partial charge in [0.05, 0.1) is 17.2 Å². The summed E-state index contributed by atoms with van der Waals surface area (Å²) in [6, 6.07) is 7.91. The monoisotopic (exact) mass is 328 g/mol. The van der Waals surface area contributed by atoms with Crippen molar-refractivity contribution in [1.29, 1.82) is 0 Å². The fourth-order valence-corrected chi connectivity index (χ4v) is 3.18. The fraction of sp³-hybridized carbons (Fsp3) is 0.467. The van der Waals surface area contributed by atoms with E-state index < -0.39 is 0 Å².